The molecule has 44 heavy (non-hydrogen) atoms. The first-order valence-corrected chi connectivity index (χ1v) is 13.3. The van der Waals surface area contributed by atoms with Gasteiger partial charge in [-0.2, -0.15) is 0 Å². The summed E-state index contributed by atoms with van der Waals surface area (Å²) < 4.78 is 15.3. The van der Waals surface area contributed by atoms with Crippen LogP contribution in [0.3, 0.4) is 0 Å². The van der Waals surface area contributed by atoms with Crippen LogP contribution in [0.15, 0.2) is 48.6 Å². The smallest absolute Gasteiger partial charge is 0.325 e. The molecule has 0 heterocycles. The van der Waals surface area contributed by atoms with Crippen LogP contribution in [0.5, 0.6) is 17.2 Å². The van der Waals surface area contributed by atoms with E-state index in [4.69, 9.17) is 14.2 Å². The van der Waals surface area contributed by atoms with Crippen molar-refractivity contribution in [3.8, 4) is 17.2 Å². The van der Waals surface area contributed by atoms with Crippen molar-refractivity contribution in [1.29, 1.82) is 0 Å². The number of ketones is 2. The molecule has 2 aromatic carbocycles. The van der Waals surface area contributed by atoms with Gasteiger partial charge in [0.25, 0.3) is 0 Å². The number of aromatic hydroxyl groups is 1. The van der Waals surface area contributed by atoms with Crippen molar-refractivity contribution in [2.24, 2.45) is 10.8 Å². The fourth-order valence-corrected chi connectivity index (χ4v) is 3.59. The number of carbonyl (C=O) groups is 4. The zero-order valence-corrected chi connectivity index (χ0v) is 24.3. The number of phenols is 1. The summed E-state index contributed by atoms with van der Waals surface area (Å²) in [4.78, 5) is 49.7. The molecule has 0 radical (unpaired) electrons. The van der Waals surface area contributed by atoms with Gasteiger partial charge in [-0.3, -0.25) is 19.2 Å². The molecule has 0 aliphatic heterocycles. The van der Waals surface area contributed by atoms with Gasteiger partial charge in [-0.05, 0) is 60.0 Å². The zero-order chi connectivity index (χ0) is 32.9. The van der Waals surface area contributed by atoms with E-state index in [9.17, 15) is 49.8 Å². The van der Waals surface area contributed by atoms with Crippen LogP contribution >= 0.6 is 0 Å². The summed E-state index contributed by atoms with van der Waals surface area (Å²) in [6.45, 7) is -4.12. The van der Waals surface area contributed by atoms with Crippen LogP contribution in [-0.4, -0.2) is 101 Å². The van der Waals surface area contributed by atoms with Crippen molar-refractivity contribution in [1.82, 2.24) is 0 Å². The van der Waals surface area contributed by atoms with Crippen LogP contribution in [0.25, 0.3) is 12.2 Å². The van der Waals surface area contributed by atoms with Gasteiger partial charge in [0.1, 0.15) is 23.2 Å². The highest BCUT2D eigenvalue weighted by Gasteiger charge is 2.45. The van der Waals surface area contributed by atoms with Crippen LogP contribution in [0.4, 0.5) is 0 Å². The summed E-state index contributed by atoms with van der Waals surface area (Å²) in [6, 6.07) is 9.01. The topological polar surface area (TPSA) is 217 Å². The van der Waals surface area contributed by atoms with E-state index in [1.54, 1.807) is 19.1 Å². The number of aliphatic hydroxyl groups is 5. The number of allylic oxidation sites excluding steroid dienone is 2. The lowest BCUT2D eigenvalue weighted by atomic mass is 9.89. The molecule has 0 bridgehead atoms. The van der Waals surface area contributed by atoms with Gasteiger partial charge in [-0.1, -0.05) is 24.3 Å². The van der Waals surface area contributed by atoms with Crippen LogP contribution in [0.1, 0.15) is 23.1 Å². The third kappa shape index (κ3) is 9.05. The summed E-state index contributed by atoms with van der Waals surface area (Å²) in [6.07, 6.45) is 5.03. The van der Waals surface area contributed by atoms with E-state index in [-0.39, 0.29) is 23.7 Å². The molecule has 2 rings (SSSR count). The molecule has 0 fully saturated rings. The van der Waals surface area contributed by atoms with Gasteiger partial charge >= 0.3 is 11.9 Å². The molecule has 0 saturated heterocycles. The van der Waals surface area contributed by atoms with Crippen LogP contribution in [-0.2, 0) is 23.9 Å². The number of ether oxygens (including phenoxy) is 3. The van der Waals surface area contributed by atoms with Gasteiger partial charge in [0.2, 0.25) is 0 Å². The van der Waals surface area contributed by atoms with E-state index in [0.29, 0.717) is 16.7 Å². The third-order valence-corrected chi connectivity index (χ3v) is 6.74. The van der Waals surface area contributed by atoms with Crippen LogP contribution in [0, 0.1) is 17.8 Å². The summed E-state index contributed by atoms with van der Waals surface area (Å²) in [5.41, 5.74) is -2.59. The number of esters is 2. The molecule has 0 aliphatic carbocycles. The Morgan fingerprint density at radius 1 is 0.727 bits per heavy atom. The lowest BCUT2D eigenvalue weighted by molar-refractivity contribution is -0.175. The Kier molecular flexibility index (Phi) is 13.4. The fourth-order valence-electron chi connectivity index (χ4n) is 3.59. The Bertz CT molecular complexity index is 1380. The molecule has 0 aliphatic rings. The summed E-state index contributed by atoms with van der Waals surface area (Å²) in [7, 11) is 1.39. The van der Waals surface area contributed by atoms with Gasteiger partial charge in [0.15, 0.2) is 23.1 Å². The minimum absolute atomic E-state index is 0.0395. The van der Waals surface area contributed by atoms with Gasteiger partial charge in [-0.15, -0.1) is 0 Å². The molecule has 2 aromatic rings. The quantitative estimate of drug-likeness (QED) is 0.0613. The van der Waals surface area contributed by atoms with Crippen LogP contribution < -0.4 is 9.47 Å². The molecule has 0 spiro atoms. The second kappa shape index (κ2) is 16.4. The van der Waals surface area contributed by atoms with Crippen molar-refractivity contribution < 1.29 is 64.0 Å². The second-order valence-electron chi connectivity index (χ2n) is 10.0. The SMILES string of the molecule is COc1cc(/C=C/C(=O)CC(=O)/C=C/c2ccc(OC(=O)C(CO)(CO)COC(=O)C(CO)(CO)CO)c(C)c2)ccc1O. The van der Waals surface area contributed by atoms with Gasteiger partial charge in [0.05, 0.1) is 46.6 Å². The number of phenolic OH excluding ortho intramolecular Hbond substituents is 1. The number of hydrogen-bond donors (Lipinski definition) is 6. The van der Waals surface area contributed by atoms with E-state index in [1.165, 1.54) is 55.7 Å². The Morgan fingerprint density at radius 2 is 1.25 bits per heavy atom. The van der Waals surface area contributed by atoms with Crippen molar-refractivity contribution in [3.05, 3.63) is 65.2 Å². The Labute approximate surface area is 253 Å². The summed E-state index contributed by atoms with van der Waals surface area (Å²) in [5, 5.41) is 57.5. The molecule has 0 aromatic heterocycles. The minimum atomic E-state index is -2.10. The molecule has 6 N–H and O–H groups in total. The summed E-state index contributed by atoms with van der Waals surface area (Å²) in [5.74, 6) is -3.06. The number of methoxy groups -OCH3 is 1. The van der Waals surface area contributed by atoms with Crippen molar-refractivity contribution in [2.75, 3.05) is 46.8 Å². The lowest BCUT2D eigenvalue weighted by Gasteiger charge is -2.30. The van der Waals surface area contributed by atoms with Gasteiger partial charge in [-0.25, -0.2) is 0 Å². The van der Waals surface area contributed by atoms with Crippen molar-refractivity contribution >= 4 is 35.7 Å². The number of carbonyl (C=O) groups excluding carboxylic acids is 4. The summed E-state index contributed by atoms with van der Waals surface area (Å²) >= 11 is 0. The predicted octanol–water partition coefficient (Wildman–Crippen LogP) is 0.347. The molecule has 0 atom stereocenters. The van der Waals surface area contributed by atoms with E-state index in [2.05, 4.69) is 0 Å². The Hall–Kier alpha value is -4.40. The lowest BCUT2D eigenvalue weighted by Crippen LogP contribution is -2.49. The van der Waals surface area contributed by atoms with Crippen molar-refractivity contribution in [2.45, 2.75) is 13.3 Å². The fraction of sp³-hybridized carbons (Fsp3) is 0.355. The maximum atomic E-state index is 12.9. The molecule has 238 valence electrons. The molecule has 13 heteroatoms. The molecule has 0 unspecified atom stereocenters. The number of aryl methyl sites for hydroxylation is 1. The third-order valence-electron chi connectivity index (χ3n) is 6.74. The first-order chi connectivity index (χ1) is 20.9. The molecule has 0 saturated carbocycles. The van der Waals surface area contributed by atoms with Gasteiger partial charge in [0, 0.05) is 0 Å². The molecular formula is C31H36O13. The average Bonchev–Trinajstić information content (AvgIpc) is 3.02. The highest BCUT2D eigenvalue weighted by molar-refractivity contribution is 6.10. The predicted molar refractivity (Wildman–Crippen MR) is 155 cm³/mol. The van der Waals surface area contributed by atoms with E-state index in [0.717, 1.165) is 0 Å². The second-order valence-corrected chi connectivity index (χ2v) is 10.0. The van der Waals surface area contributed by atoms with Crippen molar-refractivity contribution in [3.63, 3.8) is 0 Å². The van der Waals surface area contributed by atoms with E-state index in [1.807, 2.05) is 0 Å². The number of rotatable bonds is 17. The maximum Gasteiger partial charge on any atom is 0.325 e. The maximum absolute atomic E-state index is 12.9. The Morgan fingerprint density at radius 3 is 1.75 bits per heavy atom. The molecule has 0 amide bonds. The van der Waals surface area contributed by atoms with Gasteiger partial charge < -0.3 is 44.8 Å². The number of hydrogen-bond acceptors (Lipinski definition) is 13. The first kappa shape index (κ1) is 35.8. The molecule has 13 nitrogen and oxygen atoms in total. The first-order valence-electron chi connectivity index (χ1n) is 13.3. The average molecular weight is 617 g/mol. The normalized spacial score (nSPS) is 12.0. The van der Waals surface area contributed by atoms with E-state index < -0.39 is 74.0 Å². The standard InChI is InChI=1S/C31H36O13/c1-20-11-21(3-7-23(37)13-24(38)8-4-22-5-9-25(39)27(12-22)42-2)6-10-26(20)44-29(41)31(17-35,18-36)19-43-28(40)30(14-32,15-33)16-34/h3-12,32-36,39H,13-19H2,1-2H3/b7-3+,8-4+. The highest BCUT2D eigenvalue weighted by atomic mass is 16.6. The van der Waals surface area contributed by atoms with Crippen LogP contribution in [0.2, 0.25) is 0 Å². The van der Waals surface area contributed by atoms with E-state index >= 15 is 0 Å². The number of aliphatic hydroxyl groups excluding tert-OH is 5. The minimum Gasteiger partial charge on any atom is -0.504 e. The largest absolute Gasteiger partial charge is 0.504 e. The highest BCUT2D eigenvalue weighted by Crippen LogP contribution is 2.28. The number of benzene rings is 2. The zero-order valence-electron chi connectivity index (χ0n) is 24.3. The molecular weight excluding hydrogens is 580 g/mol. The monoisotopic (exact) mass is 616 g/mol. The Balaban J connectivity index is 2.04.